The maximum absolute atomic E-state index is 12.2. The highest BCUT2D eigenvalue weighted by molar-refractivity contribution is 5.86. The lowest BCUT2D eigenvalue weighted by atomic mass is 10.0. The summed E-state index contributed by atoms with van der Waals surface area (Å²) in [5.41, 5.74) is -0.546. The van der Waals surface area contributed by atoms with Crippen molar-refractivity contribution in [2.24, 2.45) is 0 Å². The van der Waals surface area contributed by atoms with Gasteiger partial charge in [0, 0.05) is 13.0 Å². The molecule has 0 spiro atoms. The van der Waals surface area contributed by atoms with E-state index in [1.54, 1.807) is 31.2 Å². The molecule has 0 unspecified atom stereocenters. The number of aliphatic carboxylic acids is 1. The van der Waals surface area contributed by atoms with Crippen LogP contribution in [0.5, 0.6) is 5.75 Å². The SMILES string of the molecule is CCN(C(=O)CCc1ccccc1O)C(C)(C)C(=O)O. The van der Waals surface area contributed by atoms with Crippen LogP contribution in [0.3, 0.4) is 0 Å². The fourth-order valence-electron chi connectivity index (χ4n) is 2.10. The maximum Gasteiger partial charge on any atom is 0.329 e. The largest absolute Gasteiger partial charge is 0.508 e. The van der Waals surface area contributed by atoms with Crippen LogP contribution >= 0.6 is 0 Å². The van der Waals surface area contributed by atoms with Crippen LogP contribution in [0.4, 0.5) is 0 Å². The third-order valence-corrected chi connectivity index (χ3v) is 3.42. The number of hydrogen-bond acceptors (Lipinski definition) is 3. The fraction of sp³-hybridized carbons (Fsp3) is 0.467. The summed E-state index contributed by atoms with van der Waals surface area (Å²) in [7, 11) is 0. The van der Waals surface area contributed by atoms with Crippen LogP contribution in [0.2, 0.25) is 0 Å². The number of aromatic hydroxyl groups is 1. The molecule has 2 N–H and O–H groups in total. The molecule has 1 aromatic rings. The second-order valence-corrected chi connectivity index (χ2v) is 5.13. The molecule has 0 heterocycles. The number of para-hydroxylation sites is 1. The molecule has 1 aromatic carbocycles. The number of carbonyl (C=O) groups excluding carboxylic acids is 1. The zero-order chi connectivity index (χ0) is 15.3. The van der Waals surface area contributed by atoms with Crippen molar-refractivity contribution >= 4 is 11.9 Å². The molecule has 110 valence electrons. The van der Waals surface area contributed by atoms with Crippen LogP contribution in [0.1, 0.15) is 32.8 Å². The Kier molecular flexibility index (Phi) is 5.13. The second kappa shape index (κ2) is 6.41. The molecule has 0 aromatic heterocycles. The topological polar surface area (TPSA) is 77.8 Å². The molecule has 0 fully saturated rings. The number of hydrogen-bond donors (Lipinski definition) is 2. The van der Waals surface area contributed by atoms with Crippen LogP contribution in [0.25, 0.3) is 0 Å². The van der Waals surface area contributed by atoms with Gasteiger partial charge in [0.25, 0.3) is 0 Å². The Morgan fingerprint density at radius 2 is 1.85 bits per heavy atom. The molecule has 1 amide bonds. The van der Waals surface area contributed by atoms with E-state index < -0.39 is 11.5 Å². The number of likely N-dealkylation sites (N-methyl/N-ethyl adjacent to an activating group) is 1. The van der Waals surface area contributed by atoms with Crippen LogP contribution in [0, 0.1) is 0 Å². The number of carboxylic acids is 1. The summed E-state index contributed by atoms with van der Waals surface area (Å²) in [6, 6.07) is 6.82. The summed E-state index contributed by atoms with van der Waals surface area (Å²) in [6.07, 6.45) is 0.555. The number of nitrogens with zero attached hydrogens (tertiary/aromatic N) is 1. The van der Waals surface area contributed by atoms with Gasteiger partial charge < -0.3 is 15.1 Å². The van der Waals surface area contributed by atoms with Gasteiger partial charge in [-0.25, -0.2) is 4.79 Å². The minimum atomic E-state index is -1.23. The minimum absolute atomic E-state index is 0.154. The Hall–Kier alpha value is -2.04. The van der Waals surface area contributed by atoms with Crippen molar-refractivity contribution in [2.75, 3.05) is 6.54 Å². The van der Waals surface area contributed by atoms with E-state index in [1.807, 2.05) is 0 Å². The molecule has 0 aliphatic rings. The molecule has 0 saturated carbocycles. The van der Waals surface area contributed by atoms with Crippen molar-refractivity contribution in [3.8, 4) is 5.75 Å². The standard InChI is InChI=1S/C15H21NO4/c1-4-16(15(2,3)14(19)20)13(18)10-9-11-7-5-6-8-12(11)17/h5-8,17H,4,9-10H2,1-3H3,(H,19,20). The van der Waals surface area contributed by atoms with Crippen molar-refractivity contribution in [2.45, 2.75) is 39.2 Å². The molecular weight excluding hydrogens is 258 g/mol. The molecule has 0 atom stereocenters. The number of amides is 1. The lowest BCUT2D eigenvalue weighted by Crippen LogP contribution is -2.52. The number of carboxylic acid groups (broad SMARTS) is 1. The highest BCUT2D eigenvalue weighted by Crippen LogP contribution is 2.20. The number of aryl methyl sites for hydroxylation is 1. The molecule has 0 aliphatic carbocycles. The summed E-state index contributed by atoms with van der Waals surface area (Å²) < 4.78 is 0. The van der Waals surface area contributed by atoms with E-state index in [2.05, 4.69) is 0 Å². The van der Waals surface area contributed by atoms with Crippen molar-refractivity contribution in [1.82, 2.24) is 4.90 Å². The molecule has 0 radical (unpaired) electrons. The van der Waals surface area contributed by atoms with Gasteiger partial charge in [-0.2, -0.15) is 0 Å². The summed E-state index contributed by atoms with van der Waals surface area (Å²) in [4.78, 5) is 24.8. The number of phenols is 1. The predicted octanol–water partition coefficient (Wildman–Crippen LogP) is 2.04. The first kappa shape index (κ1) is 16.0. The Morgan fingerprint density at radius 1 is 1.25 bits per heavy atom. The lowest BCUT2D eigenvalue weighted by molar-refractivity contribution is -0.156. The van der Waals surface area contributed by atoms with Crippen LogP contribution in [-0.2, 0) is 16.0 Å². The molecule has 5 nitrogen and oxygen atoms in total. The number of phenolic OH excluding ortho intramolecular Hbond substituents is 1. The van der Waals surface area contributed by atoms with E-state index in [9.17, 15) is 19.8 Å². The van der Waals surface area contributed by atoms with E-state index in [-0.39, 0.29) is 18.1 Å². The number of carbonyl (C=O) groups is 2. The van der Waals surface area contributed by atoms with Crippen LogP contribution < -0.4 is 0 Å². The Labute approximate surface area is 118 Å². The van der Waals surface area contributed by atoms with E-state index in [0.29, 0.717) is 18.5 Å². The van der Waals surface area contributed by atoms with E-state index in [4.69, 9.17) is 0 Å². The first-order valence-electron chi connectivity index (χ1n) is 6.61. The van der Waals surface area contributed by atoms with E-state index in [0.717, 1.165) is 0 Å². The van der Waals surface area contributed by atoms with Gasteiger partial charge in [0.1, 0.15) is 11.3 Å². The maximum atomic E-state index is 12.2. The molecule has 0 aliphatic heterocycles. The third kappa shape index (κ3) is 3.50. The first-order valence-corrected chi connectivity index (χ1v) is 6.61. The van der Waals surface area contributed by atoms with Gasteiger partial charge in [-0.1, -0.05) is 18.2 Å². The highest BCUT2D eigenvalue weighted by Gasteiger charge is 2.36. The van der Waals surface area contributed by atoms with Gasteiger partial charge in [-0.3, -0.25) is 4.79 Å². The summed E-state index contributed by atoms with van der Waals surface area (Å²) in [5.74, 6) is -1.11. The number of benzene rings is 1. The van der Waals surface area contributed by atoms with Gasteiger partial charge in [0.2, 0.25) is 5.91 Å². The average Bonchev–Trinajstić information content (AvgIpc) is 2.38. The molecule has 0 saturated heterocycles. The predicted molar refractivity (Wildman–Crippen MR) is 75.5 cm³/mol. The van der Waals surface area contributed by atoms with Gasteiger partial charge in [0.15, 0.2) is 0 Å². The Balaban J connectivity index is 2.75. The Morgan fingerprint density at radius 3 is 2.35 bits per heavy atom. The summed E-state index contributed by atoms with van der Waals surface area (Å²) in [6.45, 7) is 5.11. The minimum Gasteiger partial charge on any atom is -0.508 e. The molecular formula is C15H21NO4. The monoisotopic (exact) mass is 279 g/mol. The van der Waals surface area contributed by atoms with Crippen LogP contribution in [0.15, 0.2) is 24.3 Å². The normalized spacial score (nSPS) is 11.2. The molecule has 1 rings (SSSR count). The lowest BCUT2D eigenvalue weighted by Gasteiger charge is -2.34. The quantitative estimate of drug-likeness (QED) is 0.835. The molecule has 5 heteroatoms. The molecule has 0 bridgehead atoms. The second-order valence-electron chi connectivity index (χ2n) is 5.13. The van der Waals surface area contributed by atoms with Gasteiger partial charge in [-0.05, 0) is 38.8 Å². The average molecular weight is 279 g/mol. The van der Waals surface area contributed by atoms with Gasteiger partial charge in [0.05, 0.1) is 0 Å². The molecule has 20 heavy (non-hydrogen) atoms. The zero-order valence-electron chi connectivity index (χ0n) is 12.1. The third-order valence-electron chi connectivity index (χ3n) is 3.42. The summed E-state index contributed by atoms with van der Waals surface area (Å²) >= 11 is 0. The number of rotatable bonds is 6. The van der Waals surface area contributed by atoms with Crippen molar-refractivity contribution in [3.05, 3.63) is 29.8 Å². The van der Waals surface area contributed by atoms with Crippen LogP contribution in [-0.4, -0.2) is 39.1 Å². The summed E-state index contributed by atoms with van der Waals surface area (Å²) in [5, 5.41) is 18.8. The van der Waals surface area contributed by atoms with Crippen molar-refractivity contribution in [1.29, 1.82) is 0 Å². The fourth-order valence-corrected chi connectivity index (χ4v) is 2.10. The van der Waals surface area contributed by atoms with Gasteiger partial charge >= 0.3 is 5.97 Å². The van der Waals surface area contributed by atoms with E-state index in [1.165, 1.54) is 18.7 Å². The van der Waals surface area contributed by atoms with E-state index >= 15 is 0 Å². The Bertz CT molecular complexity index is 496. The van der Waals surface area contributed by atoms with Crippen molar-refractivity contribution in [3.63, 3.8) is 0 Å². The van der Waals surface area contributed by atoms with Crippen molar-refractivity contribution < 1.29 is 19.8 Å². The highest BCUT2D eigenvalue weighted by atomic mass is 16.4. The smallest absolute Gasteiger partial charge is 0.329 e. The first-order chi connectivity index (χ1) is 9.30. The van der Waals surface area contributed by atoms with Gasteiger partial charge in [-0.15, -0.1) is 0 Å². The zero-order valence-corrected chi connectivity index (χ0v) is 12.1.